The summed E-state index contributed by atoms with van der Waals surface area (Å²) < 4.78 is 1.57. The fourth-order valence-electron chi connectivity index (χ4n) is 3.03. The number of halogens is 3. The van der Waals surface area contributed by atoms with Gasteiger partial charge in [-0.25, -0.2) is 0 Å². The second kappa shape index (κ2) is 9.27. The molecule has 1 aliphatic rings. The van der Waals surface area contributed by atoms with E-state index < -0.39 is 8.07 Å². The van der Waals surface area contributed by atoms with Gasteiger partial charge in [-0.15, -0.1) is 0 Å². The number of hydrogen-bond donors (Lipinski definition) is 0. The van der Waals surface area contributed by atoms with E-state index in [4.69, 9.17) is 0 Å². The van der Waals surface area contributed by atoms with Crippen molar-refractivity contribution in [2.75, 3.05) is 0 Å². The van der Waals surface area contributed by atoms with Crippen molar-refractivity contribution in [3.05, 3.63) is 56.1 Å². The normalized spacial score (nSPS) is 14.5. The average molecular weight is 424 g/mol. The number of rotatable bonds is 3. The summed E-state index contributed by atoms with van der Waals surface area (Å²) in [5.41, 5.74) is 4.54. The van der Waals surface area contributed by atoms with Crippen molar-refractivity contribution in [1.29, 1.82) is 0 Å². The second-order valence-corrected chi connectivity index (χ2v) is 13.2. The Morgan fingerprint density at radius 3 is 2.04 bits per heavy atom. The van der Waals surface area contributed by atoms with Crippen molar-refractivity contribution in [3.8, 4) is 0 Å². The molecule has 0 nitrogen and oxygen atoms in total. The van der Waals surface area contributed by atoms with Gasteiger partial charge < -0.3 is 37.2 Å². The SMILES string of the molecule is Cc1cccc(C(C)(C)C2=[C]([Ti+3])C([Si](C)(C)C)=CC2)c1.[Cl-].[Cl-].[Cl-]. The Balaban J connectivity index is 0. The third-order valence-electron chi connectivity index (χ3n) is 4.38. The summed E-state index contributed by atoms with van der Waals surface area (Å²) in [7, 11) is -1.22. The first kappa shape index (κ1) is 25.7. The molecule has 0 N–H and O–H groups in total. The van der Waals surface area contributed by atoms with Gasteiger partial charge in [0.15, 0.2) is 0 Å². The zero-order chi connectivity index (χ0) is 15.1. The monoisotopic (exact) mass is 422 g/mol. The molecule has 0 aliphatic heterocycles. The van der Waals surface area contributed by atoms with E-state index in [1.54, 1.807) is 14.6 Å². The molecule has 0 aromatic heterocycles. The Kier molecular flexibility index (Phi) is 10.4. The molecular formula is C18H25Cl3SiTi. The second-order valence-electron chi connectivity index (χ2n) is 7.42. The molecule has 5 heteroatoms. The summed E-state index contributed by atoms with van der Waals surface area (Å²) in [6.45, 7) is 14.3. The maximum absolute atomic E-state index is 2.49. The first-order valence-electron chi connectivity index (χ1n) is 7.37. The third kappa shape index (κ3) is 5.49. The predicted octanol–water partition coefficient (Wildman–Crippen LogP) is -3.71. The first-order valence-corrected chi connectivity index (χ1v) is 11.7. The van der Waals surface area contributed by atoms with Crippen molar-refractivity contribution in [3.63, 3.8) is 0 Å². The summed E-state index contributed by atoms with van der Waals surface area (Å²) in [4.78, 5) is 0. The van der Waals surface area contributed by atoms with E-state index in [1.165, 1.54) is 11.1 Å². The fourth-order valence-corrected chi connectivity index (χ4v) is 7.21. The molecule has 1 aromatic rings. The molecule has 0 heterocycles. The van der Waals surface area contributed by atoms with E-state index in [2.05, 4.69) is 91.2 Å². The van der Waals surface area contributed by atoms with Crippen LogP contribution in [0.2, 0.25) is 19.6 Å². The number of allylic oxidation sites excluding steroid dienone is 4. The molecule has 0 bridgehead atoms. The quantitative estimate of drug-likeness (QED) is 0.439. The van der Waals surface area contributed by atoms with Gasteiger partial charge in [-0.2, -0.15) is 0 Å². The molecule has 0 unspecified atom stereocenters. The summed E-state index contributed by atoms with van der Waals surface area (Å²) in [6, 6.07) is 8.98. The number of hydrogen-bond acceptors (Lipinski definition) is 0. The van der Waals surface area contributed by atoms with Crippen molar-refractivity contribution in [2.24, 2.45) is 0 Å². The Morgan fingerprint density at radius 2 is 1.61 bits per heavy atom. The molecule has 0 saturated heterocycles. The maximum atomic E-state index is 2.49. The Morgan fingerprint density at radius 1 is 1.04 bits per heavy atom. The molecule has 126 valence electrons. The largest absolute Gasteiger partial charge is 1.00 e. The van der Waals surface area contributed by atoms with Crippen LogP contribution in [0.5, 0.6) is 0 Å². The number of benzene rings is 1. The van der Waals surface area contributed by atoms with Crippen LogP contribution >= 0.6 is 0 Å². The third-order valence-corrected chi connectivity index (χ3v) is 7.74. The van der Waals surface area contributed by atoms with Crippen LogP contribution in [-0.2, 0) is 25.9 Å². The molecule has 0 radical (unpaired) electrons. The van der Waals surface area contributed by atoms with Gasteiger partial charge in [0.25, 0.3) is 0 Å². The van der Waals surface area contributed by atoms with E-state index in [0.717, 1.165) is 6.42 Å². The van der Waals surface area contributed by atoms with Crippen LogP contribution in [0, 0.1) is 6.92 Å². The van der Waals surface area contributed by atoms with Crippen LogP contribution in [0.15, 0.2) is 45.0 Å². The van der Waals surface area contributed by atoms with E-state index >= 15 is 0 Å². The van der Waals surface area contributed by atoms with Gasteiger partial charge in [-0.1, -0.05) is 0 Å². The Hall–Kier alpha value is 0.501. The Bertz CT molecular complexity index is 599. The van der Waals surface area contributed by atoms with Gasteiger partial charge in [0.05, 0.1) is 0 Å². The zero-order valence-electron chi connectivity index (χ0n) is 14.7. The minimum Gasteiger partial charge on any atom is -1.00 e. The van der Waals surface area contributed by atoms with Crippen LogP contribution in [0.25, 0.3) is 0 Å². The van der Waals surface area contributed by atoms with E-state index in [0.29, 0.717) is 0 Å². The van der Waals surface area contributed by atoms with Crippen LogP contribution in [0.4, 0.5) is 0 Å². The minimum absolute atomic E-state index is 0. The molecule has 1 aromatic carbocycles. The molecule has 23 heavy (non-hydrogen) atoms. The van der Waals surface area contributed by atoms with Crippen molar-refractivity contribution in [2.45, 2.75) is 52.2 Å². The van der Waals surface area contributed by atoms with E-state index in [-0.39, 0.29) is 42.6 Å². The van der Waals surface area contributed by atoms with Crippen LogP contribution < -0.4 is 37.2 Å². The van der Waals surface area contributed by atoms with E-state index in [9.17, 15) is 0 Å². The summed E-state index contributed by atoms with van der Waals surface area (Å²) in [5.74, 6) is 0. The van der Waals surface area contributed by atoms with Gasteiger partial charge in [-0.05, 0) is 0 Å². The van der Waals surface area contributed by atoms with Gasteiger partial charge in [-0.3, -0.25) is 0 Å². The van der Waals surface area contributed by atoms with Crippen molar-refractivity contribution < 1.29 is 57.7 Å². The summed E-state index contributed by atoms with van der Waals surface area (Å²) in [5, 5.41) is 1.66. The predicted molar refractivity (Wildman–Crippen MR) is 87.3 cm³/mol. The topological polar surface area (TPSA) is 0 Å². The molecule has 0 spiro atoms. The Labute approximate surface area is 173 Å². The average Bonchev–Trinajstić information content (AvgIpc) is 2.71. The van der Waals surface area contributed by atoms with Crippen molar-refractivity contribution in [1.82, 2.24) is 0 Å². The molecule has 0 amide bonds. The van der Waals surface area contributed by atoms with Gasteiger partial charge in [0, 0.05) is 0 Å². The van der Waals surface area contributed by atoms with Crippen LogP contribution in [0.1, 0.15) is 31.4 Å². The van der Waals surface area contributed by atoms with Gasteiger partial charge in [0.1, 0.15) is 0 Å². The number of aryl methyl sites for hydroxylation is 1. The van der Waals surface area contributed by atoms with Gasteiger partial charge >= 0.3 is 137 Å². The fraction of sp³-hybridized carbons (Fsp3) is 0.444. The van der Waals surface area contributed by atoms with Crippen LogP contribution in [0.3, 0.4) is 0 Å². The zero-order valence-corrected chi connectivity index (χ0v) is 19.6. The molecule has 2 rings (SSSR count). The maximum Gasteiger partial charge on any atom is -1.00 e. The molecule has 0 atom stereocenters. The van der Waals surface area contributed by atoms with Crippen molar-refractivity contribution >= 4 is 8.07 Å². The minimum atomic E-state index is -1.22. The smallest absolute Gasteiger partial charge is 1.00 e. The summed E-state index contributed by atoms with van der Waals surface area (Å²) >= 11 is 2.34. The van der Waals surface area contributed by atoms with E-state index in [1.807, 2.05) is 0 Å². The van der Waals surface area contributed by atoms with Gasteiger partial charge in [0.2, 0.25) is 0 Å². The molecule has 1 aliphatic carbocycles. The first-order chi connectivity index (χ1) is 9.14. The molecule has 0 saturated carbocycles. The standard InChI is InChI=1S/C18H25Si.3ClH.Ti/c1-14-8-7-9-15(12-14)18(2,3)16-10-11-17(13-16)19(4,5)6;;;;/h7-9,11-12H,10H2,1-6H3;3*1H;/q;;;;+3/p-3. The molecule has 0 fully saturated rings. The summed E-state index contributed by atoms with van der Waals surface area (Å²) in [6.07, 6.45) is 3.63. The van der Waals surface area contributed by atoms with Crippen LogP contribution in [-0.4, -0.2) is 8.07 Å². The molecular weight excluding hydrogens is 399 g/mol.